The Morgan fingerprint density at radius 2 is 2.10 bits per heavy atom. The molecule has 0 saturated heterocycles. The number of nitrogens with zero attached hydrogens (tertiary/aromatic N) is 2. The monoisotopic (exact) mass is 377 g/mol. The second-order valence-corrected chi connectivity index (χ2v) is 5.43. The predicted octanol–water partition coefficient (Wildman–Crippen LogP) is 4.67. The van der Waals surface area contributed by atoms with Crippen LogP contribution in [-0.4, -0.2) is 16.6 Å². The van der Waals surface area contributed by atoms with Crippen molar-refractivity contribution in [2.75, 3.05) is 5.32 Å². The quantitative estimate of drug-likeness (QED) is 0.821. The molecule has 0 amide bonds. The molecule has 0 saturated carbocycles. The summed E-state index contributed by atoms with van der Waals surface area (Å²) < 4.78 is 29.9. The molecule has 0 fully saturated rings. The zero-order chi connectivity index (χ0) is 15.4. The van der Waals surface area contributed by atoms with Gasteiger partial charge in [0.2, 0.25) is 0 Å². The molecule has 2 rings (SSSR count). The molecule has 0 aliphatic carbocycles. The van der Waals surface area contributed by atoms with Crippen molar-refractivity contribution in [1.29, 1.82) is 0 Å². The number of anilines is 1. The average Bonchev–Trinajstić information content (AvgIpc) is 2.43. The topological polar surface area (TPSA) is 47.0 Å². The number of benzene rings is 1. The van der Waals surface area contributed by atoms with Crippen LogP contribution in [0.5, 0.6) is 5.75 Å². The number of nitrogens with one attached hydrogen (secondary N) is 1. The van der Waals surface area contributed by atoms with Gasteiger partial charge < -0.3 is 10.1 Å². The van der Waals surface area contributed by atoms with Crippen molar-refractivity contribution < 1.29 is 13.5 Å². The van der Waals surface area contributed by atoms with Crippen LogP contribution >= 0.6 is 27.5 Å². The summed E-state index contributed by atoms with van der Waals surface area (Å²) in [7, 11) is 0. The molecule has 1 aromatic carbocycles. The van der Waals surface area contributed by atoms with Gasteiger partial charge in [0.15, 0.2) is 5.75 Å². The van der Waals surface area contributed by atoms with Crippen LogP contribution in [0.2, 0.25) is 5.02 Å². The minimum Gasteiger partial charge on any atom is -0.431 e. The van der Waals surface area contributed by atoms with Crippen molar-refractivity contribution >= 4 is 33.2 Å². The summed E-state index contributed by atoms with van der Waals surface area (Å²) in [5.74, 6) is -0.00913. The molecule has 0 bridgehead atoms. The Labute approximate surface area is 133 Å². The normalized spacial score (nSPS) is 12.3. The van der Waals surface area contributed by atoms with E-state index in [1.54, 1.807) is 18.6 Å². The third-order valence-electron chi connectivity index (χ3n) is 2.61. The van der Waals surface area contributed by atoms with Crippen LogP contribution in [0.1, 0.15) is 18.7 Å². The molecule has 112 valence electrons. The molecular formula is C13H11BrClF2N3O. The van der Waals surface area contributed by atoms with Crippen molar-refractivity contribution in [2.45, 2.75) is 19.6 Å². The molecule has 4 nitrogen and oxygen atoms in total. The fraction of sp³-hybridized carbons (Fsp3) is 0.231. The third kappa shape index (κ3) is 4.25. The Bertz CT molecular complexity index is 616. The number of aromatic nitrogens is 2. The van der Waals surface area contributed by atoms with Crippen LogP contribution in [0, 0.1) is 0 Å². The van der Waals surface area contributed by atoms with Crippen LogP contribution in [0.4, 0.5) is 14.5 Å². The molecular weight excluding hydrogens is 368 g/mol. The van der Waals surface area contributed by atoms with Crippen LogP contribution in [0.3, 0.4) is 0 Å². The summed E-state index contributed by atoms with van der Waals surface area (Å²) in [6, 6.07) is 2.73. The number of rotatable bonds is 5. The van der Waals surface area contributed by atoms with Gasteiger partial charge in [-0.1, -0.05) is 11.6 Å². The Kier molecular flexibility index (Phi) is 5.30. The van der Waals surface area contributed by atoms with Crippen molar-refractivity contribution in [2.24, 2.45) is 0 Å². The van der Waals surface area contributed by atoms with Gasteiger partial charge in [-0.25, -0.2) is 0 Å². The van der Waals surface area contributed by atoms with Gasteiger partial charge in [0, 0.05) is 17.4 Å². The van der Waals surface area contributed by atoms with Crippen LogP contribution in [0.15, 0.2) is 35.2 Å². The van der Waals surface area contributed by atoms with Crippen molar-refractivity contribution in [3.05, 3.63) is 45.9 Å². The average molecular weight is 379 g/mol. The van der Waals surface area contributed by atoms with E-state index in [4.69, 9.17) is 11.6 Å². The largest absolute Gasteiger partial charge is 0.431 e. The first-order chi connectivity index (χ1) is 9.97. The van der Waals surface area contributed by atoms with Gasteiger partial charge in [0.05, 0.1) is 28.1 Å². The van der Waals surface area contributed by atoms with Gasteiger partial charge in [0.25, 0.3) is 0 Å². The maximum atomic E-state index is 12.5. The first-order valence-corrected chi connectivity index (χ1v) is 7.10. The molecule has 8 heteroatoms. The molecule has 21 heavy (non-hydrogen) atoms. The molecule has 2 aromatic rings. The number of hydrogen-bond acceptors (Lipinski definition) is 4. The first kappa shape index (κ1) is 15.9. The van der Waals surface area contributed by atoms with E-state index in [9.17, 15) is 8.78 Å². The lowest BCUT2D eigenvalue weighted by Gasteiger charge is -2.19. The van der Waals surface area contributed by atoms with Crippen LogP contribution in [-0.2, 0) is 0 Å². The molecule has 1 aromatic heterocycles. The van der Waals surface area contributed by atoms with Crippen LogP contribution < -0.4 is 10.1 Å². The molecule has 0 aliphatic heterocycles. The predicted molar refractivity (Wildman–Crippen MR) is 79.9 cm³/mol. The smallest absolute Gasteiger partial charge is 0.387 e. The lowest BCUT2D eigenvalue weighted by molar-refractivity contribution is -0.0498. The van der Waals surface area contributed by atoms with E-state index in [1.165, 1.54) is 12.1 Å². The number of hydrogen-bond donors (Lipinski definition) is 1. The Balaban J connectivity index is 2.30. The minimum absolute atomic E-state index is 0.00913. The van der Waals surface area contributed by atoms with Crippen LogP contribution in [0.25, 0.3) is 0 Å². The van der Waals surface area contributed by atoms with Gasteiger partial charge in [-0.15, -0.1) is 0 Å². The lowest BCUT2D eigenvalue weighted by Crippen LogP contribution is -2.11. The zero-order valence-corrected chi connectivity index (χ0v) is 13.2. The van der Waals surface area contributed by atoms with E-state index in [0.717, 1.165) is 0 Å². The van der Waals surface area contributed by atoms with Gasteiger partial charge in [0.1, 0.15) is 0 Å². The summed E-state index contributed by atoms with van der Waals surface area (Å²) in [5.41, 5.74) is 1.00. The second-order valence-electron chi connectivity index (χ2n) is 4.14. The Hall–Kier alpha value is -1.47. The molecule has 0 radical (unpaired) electrons. The summed E-state index contributed by atoms with van der Waals surface area (Å²) in [4.78, 5) is 8.12. The summed E-state index contributed by atoms with van der Waals surface area (Å²) in [6.45, 7) is -1.11. The number of ether oxygens (including phenoxy) is 1. The van der Waals surface area contributed by atoms with E-state index in [-0.39, 0.29) is 11.8 Å². The van der Waals surface area contributed by atoms with Crippen molar-refractivity contribution in [3.63, 3.8) is 0 Å². The molecule has 0 aliphatic rings. The number of halogens is 4. The highest BCUT2D eigenvalue weighted by atomic mass is 79.9. The zero-order valence-electron chi connectivity index (χ0n) is 10.9. The van der Waals surface area contributed by atoms with E-state index in [2.05, 4.69) is 36.0 Å². The van der Waals surface area contributed by atoms with Gasteiger partial charge in [-0.05, 0) is 35.0 Å². The fourth-order valence-electron chi connectivity index (χ4n) is 1.72. The van der Waals surface area contributed by atoms with Gasteiger partial charge in [-0.3, -0.25) is 9.97 Å². The maximum absolute atomic E-state index is 12.5. The van der Waals surface area contributed by atoms with Gasteiger partial charge >= 0.3 is 6.61 Å². The lowest BCUT2D eigenvalue weighted by atomic mass is 10.2. The van der Waals surface area contributed by atoms with Gasteiger partial charge in [-0.2, -0.15) is 8.78 Å². The van der Waals surface area contributed by atoms with E-state index >= 15 is 0 Å². The summed E-state index contributed by atoms with van der Waals surface area (Å²) in [5, 5.41) is 3.42. The first-order valence-electron chi connectivity index (χ1n) is 5.93. The highest BCUT2D eigenvalue weighted by Crippen LogP contribution is 2.38. The standard InChI is InChI=1S/C13H11BrClF2N3O/c1-7(11-6-18-2-3-19-11)20-10-5-8(15)4-9(14)12(10)21-13(16)17/h2-7,13,20H,1H3. The Morgan fingerprint density at radius 3 is 2.71 bits per heavy atom. The second kappa shape index (κ2) is 7.00. The minimum atomic E-state index is -2.94. The number of alkyl halides is 2. The third-order valence-corrected chi connectivity index (χ3v) is 3.42. The molecule has 1 N–H and O–H groups in total. The van der Waals surface area contributed by atoms with Crippen molar-refractivity contribution in [3.8, 4) is 5.75 Å². The molecule has 1 heterocycles. The maximum Gasteiger partial charge on any atom is 0.387 e. The molecule has 1 atom stereocenters. The molecule has 0 spiro atoms. The highest BCUT2D eigenvalue weighted by Gasteiger charge is 2.17. The SMILES string of the molecule is CC(Nc1cc(Cl)cc(Br)c1OC(F)F)c1cnccn1. The highest BCUT2D eigenvalue weighted by molar-refractivity contribution is 9.10. The summed E-state index contributed by atoms with van der Waals surface area (Å²) in [6.07, 6.45) is 4.69. The molecule has 1 unspecified atom stereocenters. The fourth-order valence-corrected chi connectivity index (χ4v) is 2.62. The Morgan fingerprint density at radius 1 is 1.33 bits per heavy atom. The van der Waals surface area contributed by atoms with E-state index < -0.39 is 6.61 Å². The van der Waals surface area contributed by atoms with E-state index in [0.29, 0.717) is 20.9 Å². The van der Waals surface area contributed by atoms with E-state index in [1.807, 2.05) is 6.92 Å². The van der Waals surface area contributed by atoms with Crippen molar-refractivity contribution in [1.82, 2.24) is 9.97 Å². The summed E-state index contributed by atoms with van der Waals surface area (Å²) >= 11 is 9.11.